The van der Waals surface area contributed by atoms with E-state index >= 15 is 0 Å². The molecule has 3 nitrogen and oxygen atoms in total. The summed E-state index contributed by atoms with van der Waals surface area (Å²) < 4.78 is 0. The molecule has 70 valence electrons. The lowest BCUT2D eigenvalue weighted by Gasteiger charge is -2.06. The van der Waals surface area contributed by atoms with Crippen molar-refractivity contribution in [2.24, 2.45) is 10.7 Å². The van der Waals surface area contributed by atoms with E-state index in [0.717, 1.165) is 5.56 Å². The fraction of sp³-hybridized carbons (Fsp3) is 0.300. The van der Waals surface area contributed by atoms with Crippen LogP contribution in [0, 0.1) is 0 Å². The zero-order chi connectivity index (χ0) is 9.68. The molecular formula is C10H15N3. The average Bonchev–Trinajstić information content (AvgIpc) is 2.15. The molecule has 0 saturated carbocycles. The van der Waals surface area contributed by atoms with Gasteiger partial charge < -0.3 is 5.73 Å². The first-order valence-electron chi connectivity index (χ1n) is 4.20. The third-order valence-corrected chi connectivity index (χ3v) is 1.59. The molecule has 2 N–H and O–H groups in total. The molecule has 3 heteroatoms. The van der Waals surface area contributed by atoms with Gasteiger partial charge in [-0.05, 0) is 14.1 Å². The number of nitrogens with zero attached hydrogens (tertiary/aromatic N) is 2. The lowest BCUT2D eigenvalue weighted by Crippen LogP contribution is -2.18. The molecule has 0 aliphatic carbocycles. The Balaban J connectivity index is 2.68. The van der Waals surface area contributed by atoms with Crippen molar-refractivity contribution in [1.29, 1.82) is 0 Å². The number of aliphatic imine (C=N–C) groups is 1. The van der Waals surface area contributed by atoms with Gasteiger partial charge in [0.25, 0.3) is 0 Å². The third kappa shape index (κ3) is 3.25. The first-order chi connectivity index (χ1) is 6.20. The van der Waals surface area contributed by atoms with Crippen LogP contribution in [0.1, 0.15) is 5.56 Å². The quantitative estimate of drug-likeness (QED) is 0.551. The molecule has 0 heterocycles. The van der Waals surface area contributed by atoms with E-state index in [4.69, 9.17) is 5.73 Å². The average molecular weight is 177 g/mol. The lowest BCUT2D eigenvalue weighted by molar-refractivity contribution is 0.424. The highest BCUT2D eigenvalue weighted by molar-refractivity contribution is 5.97. The normalized spacial score (nSPS) is 12.1. The van der Waals surface area contributed by atoms with Crippen LogP contribution < -0.4 is 5.73 Å². The van der Waals surface area contributed by atoms with E-state index in [1.165, 1.54) is 0 Å². The van der Waals surface area contributed by atoms with Gasteiger partial charge in [-0.15, -0.1) is 0 Å². The van der Waals surface area contributed by atoms with Crippen LogP contribution in [0.15, 0.2) is 35.3 Å². The molecule has 0 radical (unpaired) electrons. The highest BCUT2D eigenvalue weighted by Crippen LogP contribution is 1.97. The van der Waals surface area contributed by atoms with E-state index in [9.17, 15) is 0 Å². The molecule has 1 aromatic rings. The number of hydrogen-bond acceptors (Lipinski definition) is 2. The van der Waals surface area contributed by atoms with E-state index in [0.29, 0.717) is 12.5 Å². The molecule has 0 aromatic heterocycles. The summed E-state index contributed by atoms with van der Waals surface area (Å²) >= 11 is 0. The maximum atomic E-state index is 5.77. The van der Waals surface area contributed by atoms with Gasteiger partial charge in [-0.1, -0.05) is 30.3 Å². The molecule has 0 bridgehead atoms. The van der Waals surface area contributed by atoms with Crippen LogP contribution in [0.2, 0.25) is 0 Å². The third-order valence-electron chi connectivity index (χ3n) is 1.59. The van der Waals surface area contributed by atoms with E-state index in [2.05, 4.69) is 4.99 Å². The molecule has 0 aliphatic rings. The Bertz CT molecular complexity index is 277. The summed E-state index contributed by atoms with van der Waals surface area (Å²) in [6, 6.07) is 9.77. The molecule has 0 unspecified atom stereocenters. The smallest absolute Gasteiger partial charge is 0.127 e. The lowest BCUT2D eigenvalue weighted by atomic mass is 10.2. The van der Waals surface area contributed by atoms with Crippen molar-refractivity contribution in [3.05, 3.63) is 35.9 Å². The number of nitrogens with two attached hydrogens (primary N) is 1. The summed E-state index contributed by atoms with van der Waals surface area (Å²) in [5.41, 5.74) is 6.74. The monoisotopic (exact) mass is 177 g/mol. The molecule has 0 fully saturated rings. The zero-order valence-electron chi connectivity index (χ0n) is 8.07. The largest absolute Gasteiger partial charge is 0.383 e. The molecule has 0 saturated heterocycles. The second-order valence-corrected chi connectivity index (χ2v) is 3.13. The molecule has 0 atom stereocenters. The van der Waals surface area contributed by atoms with Crippen molar-refractivity contribution in [2.75, 3.05) is 20.8 Å². The Morgan fingerprint density at radius 1 is 1.31 bits per heavy atom. The van der Waals surface area contributed by atoms with Crippen LogP contribution >= 0.6 is 0 Å². The van der Waals surface area contributed by atoms with Crippen molar-refractivity contribution in [3.63, 3.8) is 0 Å². The van der Waals surface area contributed by atoms with Gasteiger partial charge in [-0.2, -0.15) is 0 Å². The Labute approximate surface area is 78.9 Å². The maximum absolute atomic E-state index is 5.77. The zero-order valence-corrected chi connectivity index (χ0v) is 8.07. The van der Waals surface area contributed by atoms with Crippen molar-refractivity contribution in [2.45, 2.75) is 0 Å². The van der Waals surface area contributed by atoms with E-state index in [1.54, 1.807) is 0 Å². The van der Waals surface area contributed by atoms with Crippen LogP contribution in [0.25, 0.3) is 0 Å². The Kier molecular flexibility index (Phi) is 3.46. The molecule has 1 aromatic carbocycles. The summed E-state index contributed by atoms with van der Waals surface area (Å²) in [4.78, 5) is 6.18. The van der Waals surface area contributed by atoms with Gasteiger partial charge in [0.15, 0.2) is 0 Å². The summed E-state index contributed by atoms with van der Waals surface area (Å²) in [6.45, 7) is 0.626. The van der Waals surface area contributed by atoms with Crippen LogP contribution in [0.3, 0.4) is 0 Å². The second kappa shape index (κ2) is 4.62. The van der Waals surface area contributed by atoms with E-state index < -0.39 is 0 Å². The van der Waals surface area contributed by atoms with Gasteiger partial charge in [0.1, 0.15) is 5.84 Å². The Hall–Kier alpha value is -1.35. The highest BCUT2D eigenvalue weighted by Gasteiger charge is 1.95. The Morgan fingerprint density at radius 2 is 1.92 bits per heavy atom. The predicted octanol–water partition coefficient (Wildman–Crippen LogP) is 0.911. The summed E-state index contributed by atoms with van der Waals surface area (Å²) in [5.74, 6) is 0.592. The van der Waals surface area contributed by atoms with Crippen molar-refractivity contribution in [3.8, 4) is 0 Å². The Morgan fingerprint density at radius 3 is 2.46 bits per heavy atom. The van der Waals surface area contributed by atoms with Gasteiger partial charge >= 0.3 is 0 Å². The van der Waals surface area contributed by atoms with Gasteiger partial charge in [-0.3, -0.25) is 9.89 Å². The van der Waals surface area contributed by atoms with E-state index in [-0.39, 0.29) is 0 Å². The molecule has 13 heavy (non-hydrogen) atoms. The standard InChI is InChI=1S/C10H15N3/c1-13(2)8-12-10(11)9-6-4-3-5-7-9/h3-7H,8H2,1-2H3,(H2,11,12). The van der Waals surface area contributed by atoms with Crippen molar-refractivity contribution in [1.82, 2.24) is 4.90 Å². The van der Waals surface area contributed by atoms with Gasteiger partial charge in [0.05, 0.1) is 6.67 Å². The topological polar surface area (TPSA) is 41.6 Å². The van der Waals surface area contributed by atoms with Crippen LogP contribution in [0.4, 0.5) is 0 Å². The van der Waals surface area contributed by atoms with E-state index in [1.807, 2.05) is 49.3 Å². The number of benzene rings is 1. The summed E-state index contributed by atoms with van der Waals surface area (Å²) in [5, 5.41) is 0. The fourth-order valence-corrected chi connectivity index (χ4v) is 0.918. The number of amidine groups is 1. The number of hydrogen-bond donors (Lipinski definition) is 1. The molecule has 0 aliphatic heterocycles. The minimum atomic E-state index is 0.592. The van der Waals surface area contributed by atoms with Crippen LogP contribution in [-0.2, 0) is 0 Å². The molecular weight excluding hydrogens is 162 g/mol. The SMILES string of the molecule is CN(C)C/N=C(\N)c1ccccc1. The molecule has 0 amide bonds. The van der Waals surface area contributed by atoms with Crippen LogP contribution in [-0.4, -0.2) is 31.5 Å². The summed E-state index contributed by atoms with van der Waals surface area (Å²) in [7, 11) is 3.92. The minimum Gasteiger partial charge on any atom is -0.383 e. The first-order valence-corrected chi connectivity index (χ1v) is 4.20. The van der Waals surface area contributed by atoms with Crippen molar-refractivity contribution < 1.29 is 0 Å². The predicted molar refractivity (Wildman–Crippen MR) is 55.7 cm³/mol. The minimum absolute atomic E-state index is 0.592. The highest BCUT2D eigenvalue weighted by atomic mass is 15.1. The maximum Gasteiger partial charge on any atom is 0.127 e. The molecule has 1 rings (SSSR count). The van der Waals surface area contributed by atoms with Crippen molar-refractivity contribution >= 4 is 5.84 Å². The number of rotatable bonds is 3. The molecule has 0 spiro atoms. The fourth-order valence-electron chi connectivity index (χ4n) is 0.918. The van der Waals surface area contributed by atoms with Crippen LogP contribution in [0.5, 0.6) is 0 Å². The first kappa shape index (κ1) is 9.74. The van der Waals surface area contributed by atoms with Gasteiger partial charge in [0, 0.05) is 5.56 Å². The second-order valence-electron chi connectivity index (χ2n) is 3.13. The van der Waals surface area contributed by atoms with Gasteiger partial charge in [-0.25, -0.2) is 0 Å². The summed E-state index contributed by atoms with van der Waals surface area (Å²) in [6.07, 6.45) is 0. The van der Waals surface area contributed by atoms with Gasteiger partial charge in [0.2, 0.25) is 0 Å².